The van der Waals surface area contributed by atoms with Crippen LogP contribution in [0, 0.1) is 0 Å². The molecular formula is C20H20ClN5O2. The molecule has 0 unspecified atom stereocenters. The number of aromatic nitrogens is 3. The third kappa shape index (κ3) is 3.33. The van der Waals surface area contributed by atoms with Gasteiger partial charge in [-0.1, -0.05) is 11.6 Å². The monoisotopic (exact) mass is 397 g/mol. The number of aryl methyl sites for hydroxylation is 1. The highest BCUT2D eigenvalue weighted by atomic mass is 35.5. The summed E-state index contributed by atoms with van der Waals surface area (Å²) in [6.07, 6.45) is 1.62. The van der Waals surface area contributed by atoms with Gasteiger partial charge in [-0.25, -0.2) is 9.97 Å². The second-order valence-electron chi connectivity index (χ2n) is 6.61. The van der Waals surface area contributed by atoms with Gasteiger partial charge in [0.05, 0.1) is 0 Å². The topological polar surface area (TPSA) is 71.3 Å². The Balaban J connectivity index is 1.57. The molecule has 1 fully saturated rings. The Bertz CT molecular complexity index is 1070. The maximum absolute atomic E-state index is 13.0. The van der Waals surface area contributed by atoms with E-state index < -0.39 is 0 Å². The quantitative estimate of drug-likeness (QED) is 0.678. The van der Waals surface area contributed by atoms with E-state index in [0.717, 1.165) is 5.69 Å². The first kappa shape index (κ1) is 18.4. The molecule has 1 saturated heterocycles. The Labute approximate surface area is 167 Å². The minimum absolute atomic E-state index is 0.0395. The molecule has 0 N–H and O–H groups in total. The summed E-state index contributed by atoms with van der Waals surface area (Å²) in [6, 6.07) is 11.2. The third-order valence-corrected chi connectivity index (χ3v) is 5.23. The lowest BCUT2D eigenvalue weighted by Gasteiger charge is -2.36. The molecule has 0 atom stereocenters. The largest absolute Gasteiger partial charge is 0.368 e. The Hall–Kier alpha value is -2.93. The Morgan fingerprint density at radius 3 is 2.50 bits per heavy atom. The van der Waals surface area contributed by atoms with E-state index in [-0.39, 0.29) is 17.2 Å². The van der Waals surface area contributed by atoms with Gasteiger partial charge in [0.15, 0.2) is 11.3 Å². The molecule has 1 aliphatic heterocycles. The molecule has 0 saturated carbocycles. The number of carbonyl (C=O) groups excluding carboxylic acids is 1. The predicted octanol–water partition coefficient (Wildman–Crippen LogP) is 2.43. The van der Waals surface area contributed by atoms with Gasteiger partial charge in [-0.2, -0.15) is 0 Å². The van der Waals surface area contributed by atoms with Crippen molar-refractivity contribution in [3.8, 4) is 0 Å². The van der Waals surface area contributed by atoms with Crippen LogP contribution in [-0.4, -0.2) is 51.5 Å². The van der Waals surface area contributed by atoms with Gasteiger partial charge in [0, 0.05) is 49.6 Å². The first-order chi connectivity index (χ1) is 13.6. The van der Waals surface area contributed by atoms with Gasteiger partial charge in [-0.15, -0.1) is 0 Å². The van der Waals surface area contributed by atoms with Crippen molar-refractivity contribution < 1.29 is 4.79 Å². The average Bonchev–Trinajstić information content (AvgIpc) is 2.73. The van der Waals surface area contributed by atoms with Crippen molar-refractivity contribution in [3.63, 3.8) is 0 Å². The molecule has 0 bridgehead atoms. The van der Waals surface area contributed by atoms with E-state index >= 15 is 0 Å². The summed E-state index contributed by atoms with van der Waals surface area (Å²) >= 11 is 5.95. The second-order valence-corrected chi connectivity index (χ2v) is 7.05. The fraction of sp³-hybridized carbons (Fsp3) is 0.300. The number of benzene rings is 1. The highest BCUT2D eigenvalue weighted by molar-refractivity contribution is 6.30. The maximum atomic E-state index is 13.0. The van der Waals surface area contributed by atoms with Crippen molar-refractivity contribution in [1.29, 1.82) is 0 Å². The van der Waals surface area contributed by atoms with Gasteiger partial charge in [0.2, 0.25) is 0 Å². The van der Waals surface area contributed by atoms with Crippen LogP contribution in [0.25, 0.3) is 11.2 Å². The molecule has 7 nitrogen and oxygen atoms in total. The number of pyridine rings is 1. The van der Waals surface area contributed by atoms with Crippen LogP contribution in [-0.2, 0) is 6.54 Å². The first-order valence-electron chi connectivity index (χ1n) is 9.24. The second kappa shape index (κ2) is 7.59. The number of rotatable bonds is 3. The summed E-state index contributed by atoms with van der Waals surface area (Å²) in [5, 5.41) is 0.696. The highest BCUT2D eigenvalue weighted by Crippen LogP contribution is 2.20. The van der Waals surface area contributed by atoms with Gasteiger partial charge in [0.1, 0.15) is 5.52 Å². The number of piperazine rings is 1. The molecule has 0 radical (unpaired) electrons. The minimum Gasteiger partial charge on any atom is -0.368 e. The summed E-state index contributed by atoms with van der Waals surface area (Å²) in [5.41, 5.74) is 1.69. The SMILES string of the molecule is CCn1c(=O)c(C(=O)N2CCN(c3ccc(Cl)cc3)CC2)nc2cccnc21. The normalized spacial score (nSPS) is 14.5. The molecular weight excluding hydrogens is 378 g/mol. The maximum Gasteiger partial charge on any atom is 0.283 e. The molecule has 8 heteroatoms. The zero-order chi connectivity index (χ0) is 19.7. The van der Waals surface area contributed by atoms with Crippen molar-refractivity contribution in [1.82, 2.24) is 19.4 Å². The summed E-state index contributed by atoms with van der Waals surface area (Å²) < 4.78 is 1.50. The average molecular weight is 398 g/mol. The lowest BCUT2D eigenvalue weighted by Crippen LogP contribution is -2.50. The number of anilines is 1. The molecule has 1 aliphatic rings. The molecule has 3 aromatic rings. The number of fused-ring (bicyclic) bond motifs is 1. The van der Waals surface area contributed by atoms with Crippen LogP contribution < -0.4 is 10.5 Å². The van der Waals surface area contributed by atoms with E-state index in [1.165, 1.54) is 4.57 Å². The van der Waals surface area contributed by atoms with Crippen LogP contribution in [0.2, 0.25) is 5.02 Å². The van der Waals surface area contributed by atoms with E-state index in [1.807, 2.05) is 31.2 Å². The minimum atomic E-state index is -0.390. The Morgan fingerprint density at radius 1 is 1.11 bits per heavy atom. The van der Waals surface area contributed by atoms with E-state index in [9.17, 15) is 9.59 Å². The highest BCUT2D eigenvalue weighted by Gasteiger charge is 2.26. The Kier molecular flexibility index (Phi) is 5.00. The summed E-state index contributed by atoms with van der Waals surface area (Å²) in [6.45, 7) is 4.71. The smallest absolute Gasteiger partial charge is 0.283 e. The lowest BCUT2D eigenvalue weighted by molar-refractivity contribution is 0.0738. The summed E-state index contributed by atoms with van der Waals surface area (Å²) in [7, 11) is 0. The molecule has 1 aromatic carbocycles. The zero-order valence-corrected chi connectivity index (χ0v) is 16.3. The number of halogens is 1. The van der Waals surface area contributed by atoms with Crippen LogP contribution >= 0.6 is 11.6 Å². The van der Waals surface area contributed by atoms with Crippen molar-refractivity contribution in [2.45, 2.75) is 13.5 Å². The van der Waals surface area contributed by atoms with E-state index in [1.54, 1.807) is 23.2 Å². The number of hydrogen-bond donors (Lipinski definition) is 0. The molecule has 0 spiro atoms. The van der Waals surface area contributed by atoms with Crippen LogP contribution in [0.1, 0.15) is 17.4 Å². The fourth-order valence-electron chi connectivity index (χ4n) is 3.48. The summed E-state index contributed by atoms with van der Waals surface area (Å²) in [5.74, 6) is -0.325. The van der Waals surface area contributed by atoms with Crippen LogP contribution in [0.4, 0.5) is 5.69 Å². The number of hydrogen-bond acceptors (Lipinski definition) is 5. The van der Waals surface area contributed by atoms with Crippen molar-refractivity contribution in [2.24, 2.45) is 0 Å². The molecule has 4 rings (SSSR count). The standard InChI is InChI=1S/C20H20ClN5O2/c1-2-26-18-16(4-3-9-22-18)23-17(20(26)28)19(27)25-12-10-24(11-13-25)15-7-5-14(21)6-8-15/h3-9H,2,10-13H2,1H3. The summed E-state index contributed by atoms with van der Waals surface area (Å²) in [4.78, 5) is 38.3. The predicted molar refractivity (Wildman–Crippen MR) is 109 cm³/mol. The van der Waals surface area contributed by atoms with Gasteiger partial charge >= 0.3 is 0 Å². The van der Waals surface area contributed by atoms with Crippen molar-refractivity contribution in [2.75, 3.05) is 31.1 Å². The number of nitrogens with zero attached hydrogens (tertiary/aromatic N) is 5. The van der Waals surface area contributed by atoms with Crippen molar-refractivity contribution in [3.05, 3.63) is 63.7 Å². The molecule has 1 amide bonds. The first-order valence-corrected chi connectivity index (χ1v) is 9.61. The van der Waals surface area contributed by atoms with Gasteiger partial charge in [0.25, 0.3) is 11.5 Å². The van der Waals surface area contributed by atoms with E-state index in [4.69, 9.17) is 11.6 Å². The molecule has 0 aliphatic carbocycles. The van der Waals surface area contributed by atoms with Crippen LogP contribution in [0.5, 0.6) is 0 Å². The fourth-order valence-corrected chi connectivity index (χ4v) is 3.60. The third-order valence-electron chi connectivity index (χ3n) is 4.98. The zero-order valence-electron chi connectivity index (χ0n) is 15.5. The number of amides is 1. The van der Waals surface area contributed by atoms with Crippen LogP contribution in [0.15, 0.2) is 47.4 Å². The van der Waals surface area contributed by atoms with E-state index in [0.29, 0.717) is 48.9 Å². The molecule has 144 valence electrons. The van der Waals surface area contributed by atoms with Gasteiger partial charge < -0.3 is 9.80 Å². The van der Waals surface area contributed by atoms with Gasteiger partial charge in [-0.3, -0.25) is 14.2 Å². The Morgan fingerprint density at radius 2 is 1.82 bits per heavy atom. The van der Waals surface area contributed by atoms with Gasteiger partial charge in [-0.05, 0) is 43.3 Å². The lowest BCUT2D eigenvalue weighted by atomic mass is 10.2. The molecule has 28 heavy (non-hydrogen) atoms. The van der Waals surface area contributed by atoms with E-state index in [2.05, 4.69) is 14.9 Å². The molecule has 2 aromatic heterocycles. The van der Waals surface area contributed by atoms with Crippen molar-refractivity contribution >= 4 is 34.4 Å². The van der Waals surface area contributed by atoms with Crippen LogP contribution in [0.3, 0.4) is 0 Å². The molecule has 3 heterocycles. The number of carbonyl (C=O) groups is 1.